The first kappa shape index (κ1) is 37.8. The average Bonchev–Trinajstić information content (AvgIpc) is 3.19. The second-order valence-electron chi connectivity index (χ2n) is 19.6. The normalized spacial score (nSPS) is 13.6. The highest BCUT2D eigenvalue weighted by Crippen LogP contribution is 2.48. The Morgan fingerprint density at radius 1 is 0.379 bits per heavy atom. The van der Waals surface area contributed by atoms with Crippen molar-refractivity contribution < 1.29 is 0 Å². The molecule has 2 aliphatic heterocycles. The summed E-state index contributed by atoms with van der Waals surface area (Å²) in [6.45, 7) is 23.1. The summed E-state index contributed by atoms with van der Waals surface area (Å²) in [6.07, 6.45) is 0. The molecular weight excluding hydrogens is 699 g/mol. The first-order chi connectivity index (χ1) is 27.6. The lowest BCUT2D eigenvalue weighted by molar-refractivity contribution is 0.590. The van der Waals surface area contributed by atoms with Crippen LogP contribution in [-0.2, 0) is 16.2 Å². The van der Waals surface area contributed by atoms with E-state index in [0.29, 0.717) is 0 Å². The molecule has 9 rings (SSSR count). The Labute approximate surface area is 347 Å². The average molecular weight is 755 g/mol. The molecule has 0 saturated carbocycles. The summed E-state index contributed by atoms with van der Waals surface area (Å²) >= 11 is 0. The Balaban J connectivity index is 1.43. The second kappa shape index (κ2) is 13.7. The molecule has 0 amide bonds. The van der Waals surface area contributed by atoms with Gasteiger partial charge < -0.3 is 9.80 Å². The van der Waals surface area contributed by atoms with Crippen LogP contribution in [0.25, 0.3) is 22.3 Å². The van der Waals surface area contributed by atoms with Gasteiger partial charge in [0.05, 0.1) is 5.69 Å². The molecule has 7 aromatic carbocycles. The van der Waals surface area contributed by atoms with E-state index in [4.69, 9.17) is 0 Å². The van der Waals surface area contributed by atoms with E-state index in [1.807, 2.05) is 0 Å². The fourth-order valence-corrected chi connectivity index (χ4v) is 9.11. The van der Waals surface area contributed by atoms with Gasteiger partial charge in [0.15, 0.2) is 0 Å². The van der Waals surface area contributed by atoms with Crippen LogP contribution in [0.15, 0.2) is 152 Å². The number of aryl methyl sites for hydroxylation is 1. The quantitative estimate of drug-likeness (QED) is 0.165. The molecule has 0 atom stereocenters. The summed E-state index contributed by atoms with van der Waals surface area (Å²) in [5.41, 5.74) is 21.5. The highest BCUT2D eigenvalue weighted by atomic mass is 15.2. The Hall–Kier alpha value is -5.80. The Morgan fingerprint density at radius 3 is 1.48 bits per heavy atom. The number of hydrogen-bond donors (Lipinski definition) is 0. The van der Waals surface area contributed by atoms with Gasteiger partial charge in [0, 0.05) is 34.0 Å². The zero-order chi connectivity index (χ0) is 40.7. The Kier molecular flexibility index (Phi) is 8.89. The van der Waals surface area contributed by atoms with Crippen LogP contribution >= 0.6 is 0 Å². The predicted octanol–water partition coefficient (Wildman–Crippen LogP) is 13.3. The molecule has 2 aliphatic rings. The number of rotatable bonds is 4. The molecule has 0 aromatic heterocycles. The van der Waals surface area contributed by atoms with Crippen molar-refractivity contribution in [3.8, 4) is 22.3 Å². The molecule has 288 valence electrons. The smallest absolute Gasteiger partial charge is 0.252 e. The maximum absolute atomic E-state index is 2.58. The summed E-state index contributed by atoms with van der Waals surface area (Å²) < 4.78 is 0. The fourth-order valence-electron chi connectivity index (χ4n) is 9.11. The summed E-state index contributed by atoms with van der Waals surface area (Å²) in [5.74, 6) is 0. The van der Waals surface area contributed by atoms with Crippen LogP contribution < -0.4 is 26.2 Å². The molecular formula is C55H55BN2. The van der Waals surface area contributed by atoms with Crippen molar-refractivity contribution in [2.75, 3.05) is 9.80 Å². The van der Waals surface area contributed by atoms with Crippen LogP contribution in [-0.4, -0.2) is 6.71 Å². The van der Waals surface area contributed by atoms with Crippen molar-refractivity contribution in [2.45, 2.75) is 85.5 Å². The topological polar surface area (TPSA) is 6.48 Å². The lowest BCUT2D eigenvalue weighted by Gasteiger charge is -2.45. The van der Waals surface area contributed by atoms with Crippen molar-refractivity contribution >= 4 is 57.2 Å². The largest absolute Gasteiger partial charge is 0.311 e. The van der Waals surface area contributed by atoms with E-state index in [-0.39, 0.29) is 23.0 Å². The Morgan fingerprint density at radius 2 is 0.897 bits per heavy atom. The van der Waals surface area contributed by atoms with E-state index in [1.165, 1.54) is 95.0 Å². The number of anilines is 6. The minimum absolute atomic E-state index is 0.0161. The molecule has 58 heavy (non-hydrogen) atoms. The second-order valence-corrected chi connectivity index (χ2v) is 19.6. The van der Waals surface area contributed by atoms with Gasteiger partial charge >= 0.3 is 0 Å². The van der Waals surface area contributed by atoms with Crippen molar-refractivity contribution in [3.05, 3.63) is 174 Å². The first-order valence-corrected chi connectivity index (χ1v) is 21.0. The highest BCUT2D eigenvalue weighted by Gasteiger charge is 2.45. The van der Waals surface area contributed by atoms with Crippen LogP contribution in [0.5, 0.6) is 0 Å². The standard InChI is InChI=1S/C55H55BN2/c1-36-17-16-20-38(31-36)39-32-50-52-51(33-39)58(47-22-15-14-21-44(47)37-18-12-11-13-19-37)49-30-26-42(55(8,9)10)35-46(49)56(52)45-34-41(54(5,6)7)25-29-48(45)57(50)43-27-23-40(24-28-43)53(2,3)4/h11-35H,1-10H3. The van der Waals surface area contributed by atoms with E-state index in [9.17, 15) is 0 Å². The lowest BCUT2D eigenvalue weighted by Crippen LogP contribution is -2.61. The molecule has 0 spiro atoms. The number of benzene rings is 7. The van der Waals surface area contributed by atoms with E-state index < -0.39 is 0 Å². The van der Waals surface area contributed by atoms with Crippen LogP contribution in [0, 0.1) is 6.92 Å². The minimum Gasteiger partial charge on any atom is -0.311 e. The van der Waals surface area contributed by atoms with Gasteiger partial charge in [-0.2, -0.15) is 0 Å². The lowest BCUT2D eigenvalue weighted by atomic mass is 9.33. The number of nitrogens with zero attached hydrogens (tertiary/aromatic N) is 2. The maximum atomic E-state index is 2.58. The molecule has 0 fully saturated rings. The molecule has 3 heteroatoms. The summed E-state index contributed by atoms with van der Waals surface area (Å²) in [7, 11) is 0. The molecule has 0 saturated heterocycles. The van der Waals surface area contributed by atoms with Gasteiger partial charge in [0.25, 0.3) is 6.71 Å². The number of para-hydroxylation sites is 1. The third-order valence-corrected chi connectivity index (χ3v) is 12.4. The molecule has 0 radical (unpaired) electrons. The molecule has 0 aliphatic carbocycles. The van der Waals surface area contributed by atoms with Crippen LogP contribution in [0.2, 0.25) is 0 Å². The van der Waals surface area contributed by atoms with Crippen LogP contribution in [0.1, 0.15) is 84.6 Å². The monoisotopic (exact) mass is 754 g/mol. The van der Waals surface area contributed by atoms with Crippen molar-refractivity contribution in [2.24, 2.45) is 0 Å². The zero-order valence-corrected chi connectivity index (χ0v) is 35.9. The molecule has 0 N–H and O–H groups in total. The molecule has 0 bridgehead atoms. The summed E-state index contributed by atoms with van der Waals surface area (Å²) in [5, 5.41) is 0. The summed E-state index contributed by atoms with van der Waals surface area (Å²) in [6, 6.07) is 57.7. The Bertz CT molecular complexity index is 2690. The van der Waals surface area contributed by atoms with Gasteiger partial charge in [-0.1, -0.05) is 177 Å². The highest BCUT2D eigenvalue weighted by molar-refractivity contribution is 7.00. The predicted molar refractivity (Wildman–Crippen MR) is 252 cm³/mol. The van der Waals surface area contributed by atoms with Gasteiger partial charge in [-0.3, -0.25) is 0 Å². The first-order valence-electron chi connectivity index (χ1n) is 21.0. The zero-order valence-electron chi connectivity index (χ0n) is 35.9. The third-order valence-electron chi connectivity index (χ3n) is 12.4. The van der Waals surface area contributed by atoms with E-state index in [2.05, 4.69) is 231 Å². The number of hydrogen-bond acceptors (Lipinski definition) is 2. The number of fused-ring (bicyclic) bond motifs is 4. The van der Waals surface area contributed by atoms with Crippen molar-refractivity contribution in [3.63, 3.8) is 0 Å². The summed E-state index contributed by atoms with van der Waals surface area (Å²) in [4.78, 5) is 5.14. The van der Waals surface area contributed by atoms with Gasteiger partial charge in [0.2, 0.25) is 0 Å². The van der Waals surface area contributed by atoms with E-state index in [1.54, 1.807) is 0 Å². The van der Waals surface area contributed by atoms with E-state index >= 15 is 0 Å². The van der Waals surface area contributed by atoms with Gasteiger partial charge in [-0.15, -0.1) is 0 Å². The third kappa shape index (κ3) is 6.46. The van der Waals surface area contributed by atoms with E-state index in [0.717, 1.165) is 0 Å². The fraction of sp³-hybridized carbons (Fsp3) is 0.236. The molecule has 7 aromatic rings. The molecule has 2 nitrogen and oxygen atoms in total. The van der Waals surface area contributed by atoms with Crippen molar-refractivity contribution in [1.82, 2.24) is 0 Å². The van der Waals surface area contributed by atoms with Crippen LogP contribution in [0.4, 0.5) is 34.1 Å². The van der Waals surface area contributed by atoms with Crippen LogP contribution in [0.3, 0.4) is 0 Å². The minimum atomic E-state index is -0.0223. The van der Waals surface area contributed by atoms with Gasteiger partial charge in [0.1, 0.15) is 0 Å². The van der Waals surface area contributed by atoms with Gasteiger partial charge in [-0.05, 0) is 115 Å². The van der Waals surface area contributed by atoms with Gasteiger partial charge in [-0.25, -0.2) is 0 Å². The van der Waals surface area contributed by atoms with Crippen molar-refractivity contribution in [1.29, 1.82) is 0 Å². The maximum Gasteiger partial charge on any atom is 0.252 e. The molecule has 2 heterocycles. The SMILES string of the molecule is Cc1cccc(-c2cc3c4c(c2)N(c2ccccc2-c2ccccc2)c2ccc(C(C)(C)C)cc2B4c2cc(C(C)(C)C)ccc2N3c2ccc(C(C)(C)C)cc2)c1. The molecule has 0 unspecified atom stereocenters.